The van der Waals surface area contributed by atoms with Gasteiger partial charge in [0.25, 0.3) is 10.1 Å². The summed E-state index contributed by atoms with van der Waals surface area (Å²) in [6.07, 6.45) is 7.63. The van der Waals surface area contributed by atoms with Crippen LogP contribution < -0.4 is 6.15 Å². The van der Waals surface area contributed by atoms with Gasteiger partial charge in [-0.1, -0.05) is 75.4 Å². The zero-order valence-corrected chi connectivity index (χ0v) is 14.6. The molecule has 0 spiro atoms. The van der Waals surface area contributed by atoms with E-state index in [9.17, 15) is 13.0 Å². The molecule has 0 aliphatic rings. The van der Waals surface area contributed by atoms with Crippen molar-refractivity contribution >= 4 is 20.9 Å². The van der Waals surface area contributed by atoms with Crippen LogP contribution in [-0.2, 0) is 16.5 Å². The van der Waals surface area contributed by atoms with Gasteiger partial charge in [-0.3, -0.25) is 4.55 Å². The van der Waals surface area contributed by atoms with Gasteiger partial charge in [0.05, 0.1) is 0 Å². The van der Waals surface area contributed by atoms with E-state index in [0.29, 0.717) is 11.8 Å². The molecule has 0 saturated carbocycles. The minimum atomic E-state index is -4.21. The van der Waals surface area contributed by atoms with Crippen LogP contribution in [0, 0.1) is 0 Å². The van der Waals surface area contributed by atoms with Crippen molar-refractivity contribution in [2.45, 2.75) is 56.8 Å². The molecule has 5 heteroatoms. The molecule has 23 heavy (non-hydrogen) atoms. The Morgan fingerprint density at radius 1 is 0.913 bits per heavy atom. The maximum Gasteiger partial charge on any atom is 0.295 e. The largest absolute Gasteiger partial charge is 0.344 e. The van der Waals surface area contributed by atoms with Crippen LogP contribution in [0.25, 0.3) is 10.8 Å². The van der Waals surface area contributed by atoms with Gasteiger partial charge in [-0.15, -0.1) is 0 Å². The lowest BCUT2D eigenvalue weighted by Crippen LogP contribution is -2.04. The minimum absolute atomic E-state index is 0. The predicted molar refractivity (Wildman–Crippen MR) is 95.9 cm³/mol. The quantitative estimate of drug-likeness (QED) is 0.515. The third kappa shape index (κ3) is 5.30. The first-order valence-electron chi connectivity index (χ1n) is 8.02. The molecule has 0 radical (unpaired) electrons. The molecule has 4 nitrogen and oxygen atoms in total. The Kier molecular flexibility index (Phi) is 7.68. The Bertz CT molecular complexity index is 726. The number of hydrogen-bond acceptors (Lipinski definition) is 3. The molecule has 0 heterocycles. The maximum atomic E-state index is 11.8. The van der Waals surface area contributed by atoms with Crippen molar-refractivity contribution in [3.63, 3.8) is 0 Å². The van der Waals surface area contributed by atoms with Crippen LogP contribution in [0.2, 0.25) is 0 Å². The minimum Gasteiger partial charge on any atom is -0.344 e. The number of aryl methyl sites for hydroxylation is 1. The van der Waals surface area contributed by atoms with Gasteiger partial charge in [-0.2, -0.15) is 8.42 Å². The molecule has 0 aromatic heterocycles. The SMILES string of the molecule is CCCCCCCCc1ccc2ccccc2c1S(=O)(=O)O.N. The Hall–Kier alpha value is -1.43. The van der Waals surface area contributed by atoms with Gasteiger partial charge in [0.15, 0.2) is 0 Å². The van der Waals surface area contributed by atoms with E-state index in [-0.39, 0.29) is 11.0 Å². The van der Waals surface area contributed by atoms with E-state index in [4.69, 9.17) is 0 Å². The standard InChI is InChI=1S/C18H24O3S.H3N/c1-2-3-4-5-6-7-11-16-14-13-15-10-8-9-12-17(15)18(16)22(19,20)21;/h8-10,12-14H,2-7,11H2,1H3,(H,19,20,21);1H3. The van der Waals surface area contributed by atoms with Gasteiger partial charge >= 0.3 is 0 Å². The summed E-state index contributed by atoms with van der Waals surface area (Å²) >= 11 is 0. The molecule has 2 rings (SSSR count). The van der Waals surface area contributed by atoms with Crippen LogP contribution in [0.4, 0.5) is 0 Å². The van der Waals surface area contributed by atoms with Crippen molar-refractivity contribution in [1.29, 1.82) is 0 Å². The first-order chi connectivity index (χ1) is 10.5. The molecule has 0 aliphatic carbocycles. The summed E-state index contributed by atoms with van der Waals surface area (Å²) < 4.78 is 33.2. The molecular weight excluding hydrogens is 310 g/mol. The van der Waals surface area contributed by atoms with Gasteiger partial charge in [0.1, 0.15) is 4.90 Å². The number of benzene rings is 2. The Balaban J connectivity index is 0.00000264. The van der Waals surface area contributed by atoms with Crippen molar-refractivity contribution in [1.82, 2.24) is 6.15 Å². The number of unbranched alkanes of at least 4 members (excludes halogenated alkanes) is 5. The highest BCUT2D eigenvalue weighted by Crippen LogP contribution is 2.28. The first kappa shape index (κ1) is 19.6. The van der Waals surface area contributed by atoms with E-state index in [1.807, 2.05) is 24.3 Å². The van der Waals surface area contributed by atoms with Crippen molar-refractivity contribution in [3.8, 4) is 0 Å². The Morgan fingerprint density at radius 3 is 2.26 bits per heavy atom. The van der Waals surface area contributed by atoms with E-state index in [1.54, 1.807) is 12.1 Å². The van der Waals surface area contributed by atoms with E-state index in [1.165, 1.54) is 25.7 Å². The highest BCUT2D eigenvalue weighted by atomic mass is 32.2. The molecule has 0 atom stereocenters. The summed E-state index contributed by atoms with van der Waals surface area (Å²) in [6.45, 7) is 2.19. The normalized spacial score (nSPS) is 11.4. The van der Waals surface area contributed by atoms with Crippen molar-refractivity contribution in [2.75, 3.05) is 0 Å². The van der Waals surface area contributed by atoms with Gasteiger partial charge in [-0.25, -0.2) is 0 Å². The first-order valence-corrected chi connectivity index (χ1v) is 9.46. The van der Waals surface area contributed by atoms with Gasteiger partial charge in [-0.05, 0) is 23.8 Å². The average Bonchev–Trinajstić information content (AvgIpc) is 2.49. The molecule has 0 saturated heterocycles. The zero-order chi connectivity index (χ0) is 16.0. The summed E-state index contributed by atoms with van der Waals surface area (Å²) in [4.78, 5) is 0.0826. The van der Waals surface area contributed by atoms with E-state index < -0.39 is 10.1 Å². The third-order valence-electron chi connectivity index (χ3n) is 4.02. The lowest BCUT2D eigenvalue weighted by molar-refractivity contribution is 0.482. The second kappa shape index (κ2) is 9.01. The Morgan fingerprint density at radius 2 is 1.57 bits per heavy atom. The third-order valence-corrected chi connectivity index (χ3v) is 5.02. The second-order valence-electron chi connectivity index (χ2n) is 5.77. The van der Waals surface area contributed by atoms with Crippen LogP contribution in [0.5, 0.6) is 0 Å². The average molecular weight is 337 g/mol. The molecule has 0 unspecified atom stereocenters. The fraction of sp³-hybridized carbons (Fsp3) is 0.444. The van der Waals surface area contributed by atoms with Gasteiger partial charge in [0, 0.05) is 5.39 Å². The van der Waals surface area contributed by atoms with Crippen molar-refractivity contribution in [3.05, 3.63) is 42.0 Å². The Labute approximate surface area is 139 Å². The lowest BCUT2D eigenvalue weighted by atomic mass is 10.0. The van der Waals surface area contributed by atoms with Crippen molar-refractivity contribution in [2.24, 2.45) is 0 Å². The molecule has 2 aromatic rings. The fourth-order valence-electron chi connectivity index (χ4n) is 2.89. The molecule has 0 amide bonds. The summed E-state index contributed by atoms with van der Waals surface area (Å²) in [5.74, 6) is 0. The smallest absolute Gasteiger partial charge is 0.295 e. The molecule has 0 bridgehead atoms. The van der Waals surface area contributed by atoms with Gasteiger partial charge < -0.3 is 6.15 Å². The maximum absolute atomic E-state index is 11.8. The highest BCUT2D eigenvalue weighted by Gasteiger charge is 2.18. The van der Waals surface area contributed by atoms with Crippen LogP contribution in [0.1, 0.15) is 51.0 Å². The molecule has 0 fully saturated rings. The lowest BCUT2D eigenvalue weighted by Gasteiger charge is -2.11. The van der Waals surface area contributed by atoms with E-state index >= 15 is 0 Å². The summed E-state index contributed by atoms with van der Waals surface area (Å²) in [7, 11) is -4.21. The predicted octanol–water partition coefficient (Wildman–Crippen LogP) is 5.15. The number of hydrogen-bond donors (Lipinski definition) is 2. The molecular formula is C18H27NO3S. The molecule has 4 N–H and O–H groups in total. The van der Waals surface area contributed by atoms with Crippen molar-refractivity contribution < 1.29 is 13.0 Å². The van der Waals surface area contributed by atoms with E-state index in [2.05, 4.69) is 6.92 Å². The monoisotopic (exact) mass is 337 g/mol. The molecule has 128 valence electrons. The van der Waals surface area contributed by atoms with Crippen LogP contribution >= 0.6 is 0 Å². The second-order valence-corrected chi connectivity index (χ2v) is 7.13. The topological polar surface area (TPSA) is 89.4 Å². The zero-order valence-electron chi connectivity index (χ0n) is 13.8. The molecule has 0 aliphatic heterocycles. The van der Waals surface area contributed by atoms with Crippen LogP contribution in [0.3, 0.4) is 0 Å². The summed E-state index contributed by atoms with van der Waals surface area (Å²) in [5.41, 5.74) is 0.719. The summed E-state index contributed by atoms with van der Waals surface area (Å²) in [5, 5.41) is 1.44. The summed E-state index contributed by atoms with van der Waals surface area (Å²) in [6, 6.07) is 11.0. The van der Waals surface area contributed by atoms with Crippen LogP contribution in [-0.4, -0.2) is 13.0 Å². The highest BCUT2D eigenvalue weighted by molar-refractivity contribution is 7.86. The van der Waals surface area contributed by atoms with E-state index in [0.717, 1.165) is 23.8 Å². The fourth-order valence-corrected chi connectivity index (χ4v) is 3.85. The number of fused-ring (bicyclic) bond motifs is 1. The van der Waals surface area contributed by atoms with Gasteiger partial charge in [0.2, 0.25) is 0 Å². The number of rotatable bonds is 8. The van der Waals surface area contributed by atoms with Crippen LogP contribution in [0.15, 0.2) is 41.3 Å². The molecule has 2 aromatic carbocycles.